The summed E-state index contributed by atoms with van der Waals surface area (Å²) in [6.45, 7) is 20.1. The van der Waals surface area contributed by atoms with Crippen molar-refractivity contribution in [1.29, 1.82) is 0 Å². The highest BCUT2D eigenvalue weighted by Crippen LogP contribution is 2.33. The summed E-state index contributed by atoms with van der Waals surface area (Å²) < 4.78 is 10.2. The molecule has 6 unspecified atom stereocenters. The summed E-state index contributed by atoms with van der Waals surface area (Å²) in [4.78, 5) is 72.9. The van der Waals surface area contributed by atoms with Gasteiger partial charge in [-0.2, -0.15) is 0 Å². The molecule has 6 atom stereocenters. The van der Waals surface area contributed by atoms with Crippen LogP contribution in [0.2, 0.25) is 0 Å². The molecular weight excluding hydrogens is 642 g/mol. The summed E-state index contributed by atoms with van der Waals surface area (Å²) in [6, 6.07) is 0. The normalized spacial score (nSPS) is 16.6. The van der Waals surface area contributed by atoms with Crippen LogP contribution in [0.15, 0.2) is 0 Å². The van der Waals surface area contributed by atoms with Crippen molar-refractivity contribution in [2.24, 2.45) is 22.7 Å². The maximum atomic E-state index is 12.4. The lowest BCUT2D eigenvalue weighted by molar-refractivity contribution is -0.160. The van der Waals surface area contributed by atoms with Gasteiger partial charge in [0.15, 0.2) is 0 Å². The van der Waals surface area contributed by atoms with E-state index in [0.717, 1.165) is 11.8 Å². The van der Waals surface area contributed by atoms with Gasteiger partial charge in [0, 0.05) is 18.9 Å². The molecule has 5 N–H and O–H groups in total. The Morgan fingerprint density at radius 1 is 0.667 bits per heavy atom. The zero-order chi connectivity index (χ0) is 38.3. The van der Waals surface area contributed by atoms with E-state index >= 15 is 0 Å². The maximum absolute atomic E-state index is 12.4. The SMILES string of the molecule is CCC(C)(CC(C)C(=O)NC(C)(C)C(=O)NC)C(=O)OCC(C)O.CCC(C)(CC(C)C(=O)NC(C)(C)C(=O)SC)C(=O)OCC(C)O. The zero-order valence-electron chi connectivity index (χ0n) is 31.6. The van der Waals surface area contributed by atoms with Crippen LogP contribution in [0.1, 0.15) is 109 Å². The molecule has 0 aliphatic rings. The Morgan fingerprint density at radius 2 is 1.00 bits per heavy atom. The molecule has 280 valence electrons. The lowest BCUT2D eigenvalue weighted by atomic mass is 9.78. The Balaban J connectivity index is 0. The monoisotopic (exact) mass is 705 g/mol. The smallest absolute Gasteiger partial charge is 0.311 e. The van der Waals surface area contributed by atoms with Gasteiger partial charge < -0.3 is 35.6 Å². The molecule has 14 heteroatoms. The maximum Gasteiger partial charge on any atom is 0.311 e. The van der Waals surface area contributed by atoms with Crippen LogP contribution in [0.5, 0.6) is 0 Å². The average Bonchev–Trinajstić information content (AvgIpc) is 3.00. The van der Waals surface area contributed by atoms with Crippen molar-refractivity contribution in [2.75, 3.05) is 26.5 Å². The fourth-order valence-electron chi connectivity index (χ4n) is 4.56. The molecule has 0 heterocycles. The number of nitrogens with one attached hydrogen (secondary N) is 3. The first-order valence-electron chi connectivity index (χ1n) is 16.4. The predicted molar refractivity (Wildman–Crippen MR) is 187 cm³/mol. The minimum Gasteiger partial charge on any atom is -0.463 e. The Hall–Kier alpha value is -2.71. The molecular formula is C34H63N3O10S. The largest absolute Gasteiger partial charge is 0.463 e. The lowest BCUT2D eigenvalue weighted by Crippen LogP contribution is -2.55. The third kappa shape index (κ3) is 16.1. The summed E-state index contributed by atoms with van der Waals surface area (Å²) in [5.74, 6) is -2.66. The minimum absolute atomic E-state index is 0.0652. The highest BCUT2D eigenvalue weighted by molar-refractivity contribution is 8.13. The van der Waals surface area contributed by atoms with E-state index in [2.05, 4.69) is 16.0 Å². The van der Waals surface area contributed by atoms with Crippen molar-refractivity contribution in [2.45, 2.75) is 132 Å². The first-order valence-corrected chi connectivity index (χ1v) is 17.7. The van der Waals surface area contributed by atoms with Crippen LogP contribution in [-0.2, 0) is 38.2 Å². The Labute approximate surface area is 291 Å². The number of rotatable bonds is 18. The van der Waals surface area contributed by atoms with Crippen LogP contribution >= 0.6 is 11.8 Å². The molecule has 0 aromatic heterocycles. The first kappa shape index (κ1) is 47.4. The van der Waals surface area contributed by atoms with E-state index in [4.69, 9.17) is 9.47 Å². The number of carbonyl (C=O) groups is 6. The molecule has 0 bridgehead atoms. The second kappa shape index (κ2) is 20.7. The number of likely N-dealkylation sites (N-methyl/N-ethyl adjacent to an activating group) is 1. The molecule has 0 spiro atoms. The van der Waals surface area contributed by atoms with E-state index in [9.17, 15) is 39.0 Å². The van der Waals surface area contributed by atoms with Crippen molar-refractivity contribution in [3.63, 3.8) is 0 Å². The van der Waals surface area contributed by atoms with Crippen molar-refractivity contribution in [3.05, 3.63) is 0 Å². The molecule has 0 saturated carbocycles. The summed E-state index contributed by atoms with van der Waals surface area (Å²) in [5, 5.41) is 26.3. The van der Waals surface area contributed by atoms with Gasteiger partial charge in [-0.3, -0.25) is 28.8 Å². The van der Waals surface area contributed by atoms with Gasteiger partial charge in [-0.1, -0.05) is 39.5 Å². The molecule has 0 aliphatic carbocycles. The van der Waals surface area contributed by atoms with Crippen LogP contribution < -0.4 is 16.0 Å². The second-order valence-electron chi connectivity index (χ2n) is 14.2. The highest BCUT2D eigenvalue weighted by atomic mass is 32.2. The molecule has 0 saturated heterocycles. The minimum atomic E-state index is -1.03. The van der Waals surface area contributed by atoms with Gasteiger partial charge in [0.25, 0.3) is 0 Å². The molecule has 0 aromatic carbocycles. The molecule has 13 nitrogen and oxygen atoms in total. The van der Waals surface area contributed by atoms with E-state index in [1.807, 2.05) is 13.8 Å². The molecule has 0 radical (unpaired) electrons. The molecule has 0 rings (SSSR count). The number of aliphatic hydroxyl groups excluding tert-OH is 2. The average molecular weight is 706 g/mol. The predicted octanol–water partition coefficient (Wildman–Crippen LogP) is 3.13. The summed E-state index contributed by atoms with van der Waals surface area (Å²) in [6.07, 6.45) is 1.82. The number of thioether (sulfide) groups is 1. The molecule has 0 aromatic rings. The first-order chi connectivity index (χ1) is 21.8. The fourth-order valence-corrected chi connectivity index (χ4v) is 5.12. The number of esters is 2. The van der Waals surface area contributed by atoms with Gasteiger partial charge in [0.2, 0.25) is 22.8 Å². The standard InChI is InChI=1S/C17H32N2O5.C17H31NO5S/c1-8-17(6,15(23)24-10-12(3)20)9-11(2)13(21)19-16(4,5)14(22)18-7;1-8-17(6,14(21)23-10-12(3)19)9-11(2)13(20)18-16(4,5)15(22)24-7/h11-12,20H,8-10H2,1-7H3,(H,18,22)(H,19,21);11-12,19H,8-10H2,1-7H3,(H,18,20). The van der Waals surface area contributed by atoms with Crippen LogP contribution in [0, 0.1) is 22.7 Å². The van der Waals surface area contributed by atoms with Gasteiger partial charge >= 0.3 is 11.9 Å². The fraction of sp³-hybridized carbons (Fsp3) is 0.824. The van der Waals surface area contributed by atoms with E-state index < -0.39 is 57.9 Å². The topological polar surface area (TPSA) is 197 Å². The van der Waals surface area contributed by atoms with Gasteiger partial charge in [-0.05, 0) is 87.3 Å². The highest BCUT2D eigenvalue weighted by Gasteiger charge is 2.39. The molecule has 0 aliphatic heterocycles. The second-order valence-corrected chi connectivity index (χ2v) is 15.0. The Morgan fingerprint density at radius 3 is 1.27 bits per heavy atom. The zero-order valence-corrected chi connectivity index (χ0v) is 32.4. The third-order valence-corrected chi connectivity index (χ3v) is 9.11. The van der Waals surface area contributed by atoms with Gasteiger partial charge in [0.05, 0.1) is 23.0 Å². The van der Waals surface area contributed by atoms with Crippen LogP contribution in [-0.4, -0.2) is 94.8 Å². The molecule has 0 fully saturated rings. The van der Waals surface area contributed by atoms with Crippen molar-refractivity contribution in [1.82, 2.24) is 16.0 Å². The number of ether oxygens (including phenoxy) is 2. The summed E-state index contributed by atoms with van der Waals surface area (Å²) in [5.41, 5.74) is -3.64. The van der Waals surface area contributed by atoms with Crippen molar-refractivity contribution in [3.8, 4) is 0 Å². The molecule has 48 heavy (non-hydrogen) atoms. The van der Waals surface area contributed by atoms with E-state index in [-0.39, 0.29) is 42.5 Å². The van der Waals surface area contributed by atoms with Crippen LogP contribution in [0.4, 0.5) is 0 Å². The van der Waals surface area contributed by atoms with Crippen molar-refractivity contribution < 1.29 is 48.5 Å². The van der Waals surface area contributed by atoms with Crippen LogP contribution in [0.25, 0.3) is 0 Å². The van der Waals surface area contributed by atoms with Gasteiger partial charge in [-0.15, -0.1) is 0 Å². The van der Waals surface area contributed by atoms with Gasteiger partial charge in [-0.25, -0.2) is 0 Å². The van der Waals surface area contributed by atoms with Crippen molar-refractivity contribution >= 4 is 46.5 Å². The number of carbonyl (C=O) groups excluding carboxylic acids is 6. The number of hydrogen-bond acceptors (Lipinski definition) is 11. The summed E-state index contributed by atoms with van der Waals surface area (Å²) >= 11 is 1.07. The van der Waals surface area contributed by atoms with Crippen LogP contribution in [0.3, 0.4) is 0 Å². The number of hydrogen-bond donors (Lipinski definition) is 5. The molecule has 3 amide bonds. The van der Waals surface area contributed by atoms with E-state index in [0.29, 0.717) is 19.3 Å². The van der Waals surface area contributed by atoms with E-state index in [1.165, 1.54) is 20.9 Å². The lowest BCUT2D eigenvalue weighted by Gasteiger charge is -2.31. The number of aliphatic hydroxyl groups is 2. The summed E-state index contributed by atoms with van der Waals surface area (Å²) in [7, 11) is 1.51. The quantitative estimate of drug-likeness (QED) is 0.131. The Kier molecular flexibility index (Phi) is 20.5. The number of amides is 3. The van der Waals surface area contributed by atoms with E-state index in [1.54, 1.807) is 61.6 Å². The van der Waals surface area contributed by atoms with Gasteiger partial charge in [0.1, 0.15) is 24.3 Å². The third-order valence-electron chi connectivity index (χ3n) is 8.23. The Bertz CT molecular complexity index is 1010.